The summed E-state index contributed by atoms with van der Waals surface area (Å²) < 4.78 is 3.33. The first-order valence-corrected chi connectivity index (χ1v) is 7.27. The molecule has 0 aliphatic heterocycles. The van der Waals surface area contributed by atoms with Gasteiger partial charge in [0.25, 0.3) is 0 Å². The van der Waals surface area contributed by atoms with Crippen molar-refractivity contribution in [3.63, 3.8) is 0 Å². The Morgan fingerprint density at radius 1 is 1.06 bits per heavy atom. The molecule has 0 aromatic heterocycles. The van der Waals surface area contributed by atoms with Crippen LogP contribution in [0.1, 0.15) is 38.5 Å². The minimum absolute atomic E-state index is 0.308. The van der Waals surface area contributed by atoms with Gasteiger partial charge in [-0.2, -0.15) is 0 Å². The second kappa shape index (κ2) is 9.97. The molecule has 0 heterocycles. The van der Waals surface area contributed by atoms with Crippen LogP contribution in [0.5, 0.6) is 0 Å². The fourth-order valence-electron chi connectivity index (χ4n) is 1.63. The molecule has 2 N–H and O–H groups in total. The first kappa shape index (κ1) is 15.1. The summed E-state index contributed by atoms with van der Waals surface area (Å²) >= 11 is 1.66. The van der Waals surface area contributed by atoms with Gasteiger partial charge in [-0.15, -0.1) is 0 Å². The molecule has 0 radical (unpaired) electrons. The zero-order valence-electron chi connectivity index (χ0n) is 10.6. The van der Waals surface area contributed by atoms with Crippen molar-refractivity contribution in [1.82, 2.24) is 4.72 Å². The van der Waals surface area contributed by atoms with E-state index in [2.05, 4.69) is 16.9 Å². The van der Waals surface area contributed by atoms with E-state index in [9.17, 15) is 4.79 Å². The smallest absolute Gasteiger partial charge is 0.303 e. The zero-order valence-corrected chi connectivity index (χ0v) is 11.4. The molecule has 0 atom stereocenters. The average Bonchev–Trinajstić information content (AvgIpc) is 2.37. The van der Waals surface area contributed by atoms with E-state index in [-0.39, 0.29) is 0 Å². The van der Waals surface area contributed by atoms with Gasteiger partial charge in [0.2, 0.25) is 0 Å². The van der Waals surface area contributed by atoms with Crippen LogP contribution in [0.25, 0.3) is 0 Å². The predicted molar refractivity (Wildman–Crippen MR) is 75.6 cm³/mol. The third kappa shape index (κ3) is 8.14. The molecule has 0 saturated heterocycles. The minimum Gasteiger partial charge on any atom is -0.481 e. The van der Waals surface area contributed by atoms with Crippen LogP contribution in [0.3, 0.4) is 0 Å². The molecule has 1 rings (SSSR count). The summed E-state index contributed by atoms with van der Waals surface area (Å²) in [6.45, 7) is 0.999. The fraction of sp³-hybridized carbons (Fsp3) is 0.500. The second-order valence-electron chi connectivity index (χ2n) is 4.22. The Bertz CT molecular complexity index is 330. The Morgan fingerprint density at radius 3 is 2.44 bits per heavy atom. The Labute approximate surface area is 113 Å². The van der Waals surface area contributed by atoms with Gasteiger partial charge < -0.3 is 5.11 Å². The summed E-state index contributed by atoms with van der Waals surface area (Å²) in [5, 5.41) is 8.48. The van der Waals surface area contributed by atoms with Crippen molar-refractivity contribution in [2.45, 2.75) is 43.4 Å². The highest BCUT2D eigenvalue weighted by atomic mass is 32.2. The van der Waals surface area contributed by atoms with Crippen molar-refractivity contribution in [3.05, 3.63) is 30.3 Å². The summed E-state index contributed by atoms with van der Waals surface area (Å²) in [5.74, 6) is -0.684. The molecule has 4 heteroatoms. The Kier molecular flexibility index (Phi) is 8.34. The number of hydrogen-bond donors (Lipinski definition) is 2. The molecule has 1 aromatic rings. The first-order chi connectivity index (χ1) is 8.79. The molecule has 0 fully saturated rings. The molecule has 0 aliphatic carbocycles. The molecule has 0 spiro atoms. The number of hydrogen-bond acceptors (Lipinski definition) is 3. The van der Waals surface area contributed by atoms with Gasteiger partial charge in [0.1, 0.15) is 0 Å². The van der Waals surface area contributed by atoms with Crippen molar-refractivity contribution >= 4 is 17.9 Å². The van der Waals surface area contributed by atoms with Gasteiger partial charge >= 0.3 is 5.97 Å². The fourth-order valence-corrected chi connectivity index (χ4v) is 2.33. The van der Waals surface area contributed by atoms with Crippen molar-refractivity contribution in [2.75, 3.05) is 6.54 Å². The lowest BCUT2D eigenvalue weighted by Crippen LogP contribution is -2.04. The topological polar surface area (TPSA) is 49.3 Å². The normalized spacial score (nSPS) is 10.4. The highest BCUT2D eigenvalue weighted by molar-refractivity contribution is 7.97. The first-order valence-electron chi connectivity index (χ1n) is 6.45. The summed E-state index contributed by atoms with van der Waals surface area (Å²) in [6, 6.07) is 10.3. The monoisotopic (exact) mass is 267 g/mol. The molecule has 0 bridgehead atoms. The largest absolute Gasteiger partial charge is 0.481 e. The van der Waals surface area contributed by atoms with Crippen LogP contribution < -0.4 is 4.72 Å². The van der Waals surface area contributed by atoms with Gasteiger partial charge in [-0.3, -0.25) is 9.52 Å². The van der Waals surface area contributed by atoms with E-state index >= 15 is 0 Å². The number of unbranched alkanes of at least 4 members (excludes halogenated alkanes) is 4. The van der Waals surface area contributed by atoms with Gasteiger partial charge in [-0.05, 0) is 36.9 Å². The average molecular weight is 267 g/mol. The molecule has 0 saturated carbocycles. The molecule has 0 amide bonds. The summed E-state index contributed by atoms with van der Waals surface area (Å²) in [7, 11) is 0. The van der Waals surface area contributed by atoms with Gasteiger partial charge in [0.05, 0.1) is 0 Å². The maximum atomic E-state index is 10.3. The molecule has 3 nitrogen and oxygen atoms in total. The number of carbonyl (C=O) groups is 1. The maximum absolute atomic E-state index is 10.3. The summed E-state index contributed by atoms with van der Waals surface area (Å²) in [4.78, 5) is 11.5. The lowest BCUT2D eigenvalue weighted by atomic mass is 10.1. The lowest BCUT2D eigenvalue weighted by Gasteiger charge is -2.03. The molecule has 0 unspecified atom stereocenters. The van der Waals surface area contributed by atoms with Crippen molar-refractivity contribution in [3.8, 4) is 0 Å². The Hall–Kier alpha value is -1.00. The highest BCUT2D eigenvalue weighted by Gasteiger charge is 1.96. The van der Waals surface area contributed by atoms with Crippen LogP contribution in [0, 0.1) is 0 Å². The highest BCUT2D eigenvalue weighted by Crippen LogP contribution is 2.13. The number of rotatable bonds is 10. The molecular weight excluding hydrogens is 246 g/mol. The number of benzene rings is 1. The van der Waals surface area contributed by atoms with Crippen molar-refractivity contribution in [2.24, 2.45) is 0 Å². The Morgan fingerprint density at radius 2 is 1.72 bits per heavy atom. The Balaban J connectivity index is 1.86. The van der Waals surface area contributed by atoms with Gasteiger partial charge in [-0.25, -0.2) is 0 Å². The van der Waals surface area contributed by atoms with Crippen LogP contribution >= 0.6 is 11.9 Å². The third-order valence-electron chi connectivity index (χ3n) is 2.60. The number of nitrogens with one attached hydrogen (secondary N) is 1. The summed E-state index contributed by atoms with van der Waals surface area (Å²) in [5.41, 5.74) is 0. The third-order valence-corrected chi connectivity index (χ3v) is 3.46. The summed E-state index contributed by atoms with van der Waals surface area (Å²) in [6.07, 6.45) is 5.58. The standard InChI is InChI=1S/C14H21NO2S/c16-14(17)11-7-2-1-3-8-12-15-18-13-9-5-4-6-10-13/h4-6,9-10,15H,1-3,7-8,11-12H2,(H,16,17). The van der Waals surface area contributed by atoms with Crippen LogP contribution in [-0.2, 0) is 4.79 Å². The van der Waals surface area contributed by atoms with E-state index in [1.807, 2.05) is 18.2 Å². The molecule has 18 heavy (non-hydrogen) atoms. The quantitative estimate of drug-likeness (QED) is 0.501. The van der Waals surface area contributed by atoms with E-state index in [0.29, 0.717) is 6.42 Å². The number of carboxylic acids is 1. The van der Waals surface area contributed by atoms with Crippen LogP contribution in [-0.4, -0.2) is 17.6 Å². The van der Waals surface area contributed by atoms with Crippen molar-refractivity contribution in [1.29, 1.82) is 0 Å². The zero-order chi connectivity index (χ0) is 13.1. The minimum atomic E-state index is -0.684. The predicted octanol–water partition coefficient (Wildman–Crippen LogP) is 3.71. The van der Waals surface area contributed by atoms with E-state index in [1.165, 1.54) is 11.3 Å². The van der Waals surface area contributed by atoms with Crippen LogP contribution in [0.2, 0.25) is 0 Å². The van der Waals surface area contributed by atoms with E-state index < -0.39 is 5.97 Å². The maximum Gasteiger partial charge on any atom is 0.303 e. The SMILES string of the molecule is O=C(O)CCCCCCCNSc1ccccc1. The van der Waals surface area contributed by atoms with Gasteiger partial charge in [0, 0.05) is 17.9 Å². The van der Waals surface area contributed by atoms with Gasteiger partial charge in [0.15, 0.2) is 0 Å². The van der Waals surface area contributed by atoms with Gasteiger partial charge in [-0.1, -0.05) is 37.5 Å². The number of aliphatic carboxylic acids is 1. The van der Waals surface area contributed by atoms with E-state index in [1.54, 1.807) is 11.9 Å². The van der Waals surface area contributed by atoms with Crippen molar-refractivity contribution < 1.29 is 9.90 Å². The molecule has 100 valence electrons. The molecular formula is C14H21NO2S. The molecule has 0 aliphatic rings. The van der Waals surface area contributed by atoms with E-state index in [4.69, 9.17) is 5.11 Å². The number of carboxylic acid groups (broad SMARTS) is 1. The second-order valence-corrected chi connectivity index (χ2v) is 5.19. The lowest BCUT2D eigenvalue weighted by molar-refractivity contribution is -0.137. The van der Waals surface area contributed by atoms with Crippen LogP contribution in [0.4, 0.5) is 0 Å². The van der Waals surface area contributed by atoms with Crippen LogP contribution in [0.15, 0.2) is 35.2 Å². The molecule has 1 aromatic carbocycles. The van der Waals surface area contributed by atoms with E-state index in [0.717, 1.165) is 32.2 Å².